The molecule has 2 aromatic rings. The standard InChI is InChI=1S/C22H19Cl2NO6S/c1-3-30-17-9-14(8-16(24)20(17)31-12-19(26)29-2)10-18-21(27)25(22(28)32-18)11-13-5-4-6-15(23)7-13/h4-10H,3,11-12H2,1-2H3/b18-10-. The molecule has 1 aliphatic heterocycles. The molecule has 10 heteroatoms. The van der Waals surface area contributed by atoms with E-state index in [1.54, 1.807) is 49.4 Å². The van der Waals surface area contributed by atoms with E-state index >= 15 is 0 Å². The van der Waals surface area contributed by atoms with E-state index in [4.69, 9.17) is 32.7 Å². The fourth-order valence-electron chi connectivity index (χ4n) is 2.87. The van der Waals surface area contributed by atoms with Crippen LogP contribution < -0.4 is 9.47 Å². The second-order valence-electron chi connectivity index (χ2n) is 6.53. The van der Waals surface area contributed by atoms with Gasteiger partial charge in [0.1, 0.15) is 0 Å². The smallest absolute Gasteiger partial charge is 0.343 e. The van der Waals surface area contributed by atoms with Gasteiger partial charge >= 0.3 is 5.97 Å². The van der Waals surface area contributed by atoms with Crippen molar-refractivity contribution in [3.8, 4) is 11.5 Å². The van der Waals surface area contributed by atoms with Crippen molar-refractivity contribution < 1.29 is 28.6 Å². The summed E-state index contributed by atoms with van der Waals surface area (Å²) in [4.78, 5) is 38.0. The number of hydrogen-bond acceptors (Lipinski definition) is 7. The third-order valence-corrected chi connectivity index (χ3v) is 5.72. The summed E-state index contributed by atoms with van der Waals surface area (Å²) in [6.45, 7) is 1.89. The first kappa shape index (κ1) is 24.0. The van der Waals surface area contributed by atoms with Gasteiger partial charge in [0.25, 0.3) is 11.1 Å². The van der Waals surface area contributed by atoms with Crippen LogP contribution in [-0.4, -0.2) is 42.3 Å². The molecule has 0 aliphatic carbocycles. The van der Waals surface area contributed by atoms with Crippen molar-refractivity contribution in [2.75, 3.05) is 20.3 Å². The molecule has 2 amide bonds. The molecular formula is C22H19Cl2NO6S. The van der Waals surface area contributed by atoms with Crippen LogP contribution in [0, 0.1) is 0 Å². The van der Waals surface area contributed by atoms with Crippen molar-refractivity contribution in [3.05, 3.63) is 62.5 Å². The molecule has 1 aliphatic rings. The van der Waals surface area contributed by atoms with Crippen molar-refractivity contribution in [2.24, 2.45) is 0 Å². The number of thioether (sulfide) groups is 1. The number of halogens is 2. The van der Waals surface area contributed by atoms with Gasteiger partial charge < -0.3 is 14.2 Å². The number of hydrogen-bond donors (Lipinski definition) is 0. The average molecular weight is 496 g/mol. The maximum Gasteiger partial charge on any atom is 0.343 e. The minimum Gasteiger partial charge on any atom is -0.490 e. The molecule has 0 bridgehead atoms. The van der Waals surface area contributed by atoms with Crippen LogP contribution in [0.4, 0.5) is 4.79 Å². The summed E-state index contributed by atoms with van der Waals surface area (Å²) in [5.41, 5.74) is 1.28. The van der Waals surface area contributed by atoms with Crippen molar-refractivity contribution in [3.63, 3.8) is 0 Å². The highest BCUT2D eigenvalue weighted by atomic mass is 35.5. The SMILES string of the molecule is CCOc1cc(/C=C2\SC(=O)N(Cc3cccc(Cl)c3)C2=O)cc(Cl)c1OCC(=O)OC. The zero-order valence-corrected chi connectivity index (χ0v) is 19.6. The van der Waals surface area contributed by atoms with E-state index in [1.807, 2.05) is 0 Å². The van der Waals surface area contributed by atoms with Crippen molar-refractivity contribution in [1.29, 1.82) is 0 Å². The molecule has 0 unspecified atom stereocenters. The summed E-state index contributed by atoms with van der Waals surface area (Å²) in [5, 5.41) is 0.331. The molecule has 2 aromatic carbocycles. The van der Waals surface area contributed by atoms with Crippen LogP contribution >= 0.6 is 35.0 Å². The number of amides is 2. The topological polar surface area (TPSA) is 82.1 Å². The maximum atomic E-state index is 12.8. The van der Waals surface area contributed by atoms with Crippen LogP contribution in [0.15, 0.2) is 41.3 Å². The Bertz CT molecular complexity index is 1090. The Morgan fingerprint density at radius 3 is 2.62 bits per heavy atom. The van der Waals surface area contributed by atoms with Crippen LogP contribution in [-0.2, 0) is 20.9 Å². The number of carbonyl (C=O) groups is 3. The summed E-state index contributed by atoms with van der Waals surface area (Å²) in [6.07, 6.45) is 1.56. The minimum atomic E-state index is -0.569. The number of imide groups is 1. The van der Waals surface area contributed by atoms with E-state index in [0.717, 1.165) is 22.2 Å². The van der Waals surface area contributed by atoms with Crippen molar-refractivity contribution in [1.82, 2.24) is 4.90 Å². The highest BCUT2D eigenvalue weighted by molar-refractivity contribution is 8.18. The molecule has 7 nitrogen and oxygen atoms in total. The number of esters is 1. The quantitative estimate of drug-likeness (QED) is 0.368. The first-order chi connectivity index (χ1) is 15.3. The third-order valence-electron chi connectivity index (χ3n) is 4.29. The Labute approximate surface area is 199 Å². The highest BCUT2D eigenvalue weighted by Gasteiger charge is 2.35. The highest BCUT2D eigenvalue weighted by Crippen LogP contribution is 2.39. The van der Waals surface area contributed by atoms with Gasteiger partial charge in [-0.15, -0.1) is 0 Å². The first-order valence-corrected chi connectivity index (χ1v) is 11.1. The molecule has 0 aromatic heterocycles. The molecule has 1 heterocycles. The lowest BCUT2D eigenvalue weighted by molar-refractivity contribution is -0.142. The fourth-order valence-corrected chi connectivity index (χ4v) is 4.19. The van der Waals surface area contributed by atoms with Crippen LogP contribution in [0.5, 0.6) is 11.5 Å². The van der Waals surface area contributed by atoms with Gasteiger partial charge in [0.05, 0.1) is 30.2 Å². The summed E-state index contributed by atoms with van der Waals surface area (Å²) in [5.74, 6) is -0.500. The number of benzene rings is 2. The molecular weight excluding hydrogens is 477 g/mol. The van der Waals surface area contributed by atoms with E-state index in [-0.39, 0.29) is 34.1 Å². The van der Waals surface area contributed by atoms with E-state index in [1.165, 1.54) is 7.11 Å². The van der Waals surface area contributed by atoms with Gasteiger partial charge in [-0.1, -0.05) is 35.3 Å². The second kappa shape index (κ2) is 10.8. The van der Waals surface area contributed by atoms with Gasteiger partial charge in [0.2, 0.25) is 0 Å². The number of nitrogens with zero attached hydrogens (tertiary/aromatic N) is 1. The molecule has 3 rings (SSSR count). The molecule has 168 valence electrons. The van der Waals surface area contributed by atoms with Gasteiger partial charge in [-0.2, -0.15) is 0 Å². The molecule has 1 saturated heterocycles. The largest absolute Gasteiger partial charge is 0.490 e. The van der Waals surface area contributed by atoms with E-state index in [2.05, 4.69) is 4.74 Å². The molecule has 1 fully saturated rings. The third kappa shape index (κ3) is 5.76. The molecule has 0 spiro atoms. The van der Waals surface area contributed by atoms with E-state index < -0.39 is 11.9 Å². The van der Waals surface area contributed by atoms with Crippen LogP contribution in [0.1, 0.15) is 18.1 Å². The van der Waals surface area contributed by atoms with Gasteiger partial charge in [-0.25, -0.2) is 4.79 Å². The lowest BCUT2D eigenvalue weighted by Gasteiger charge is -2.14. The maximum absolute atomic E-state index is 12.8. The Balaban J connectivity index is 1.84. The second-order valence-corrected chi connectivity index (χ2v) is 8.36. The summed E-state index contributed by atoms with van der Waals surface area (Å²) in [6, 6.07) is 10.1. The Morgan fingerprint density at radius 1 is 1.16 bits per heavy atom. The van der Waals surface area contributed by atoms with Crippen molar-refractivity contribution in [2.45, 2.75) is 13.5 Å². The monoisotopic (exact) mass is 495 g/mol. The van der Waals surface area contributed by atoms with Crippen LogP contribution in [0.25, 0.3) is 6.08 Å². The molecule has 32 heavy (non-hydrogen) atoms. The van der Waals surface area contributed by atoms with E-state index in [9.17, 15) is 14.4 Å². The van der Waals surface area contributed by atoms with Gasteiger partial charge in [-0.05, 0) is 60.2 Å². The lowest BCUT2D eigenvalue weighted by Crippen LogP contribution is -2.27. The van der Waals surface area contributed by atoms with Gasteiger partial charge in [-0.3, -0.25) is 14.5 Å². The van der Waals surface area contributed by atoms with Crippen LogP contribution in [0.2, 0.25) is 10.0 Å². The normalized spacial score (nSPS) is 14.8. The Hall–Kier alpha value is -2.68. The lowest BCUT2D eigenvalue weighted by atomic mass is 10.1. The predicted molar refractivity (Wildman–Crippen MR) is 123 cm³/mol. The minimum absolute atomic E-state index is 0.119. The molecule has 0 atom stereocenters. The Kier molecular flexibility index (Phi) is 8.06. The molecule has 0 saturated carbocycles. The zero-order chi connectivity index (χ0) is 23.3. The first-order valence-electron chi connectivity index (χ1n) is 9.48. The fraction of sp³-hybridized carbons (Fsp3) is 0.227. The number of methoxy groups -OCH3 is 1. The number of rotatable bonds is 8. The summed E-state index contributed by atoms with van der Waals surface area (Å²) >= 11 is 13.2. The van der Waals surface area contributed by atoms with Crippen LogP contribution in [0.3, 0.4) is 0 Å². The number of ether oxygens (including phenoxy) is 3. The molecule has 0 radical (unpaired) electrons. The van der Waals surface area contributed by atoms with E-state index in [0.29, 0.717) is 22.9 Å². The predicted octanol–water partition coefficient (Wildman–Crippen LogP) is 5.18. The summed E-state index contributed by atoms with van der Waals surface area (Å²) < 4.78 is 15.6. The summed E-state index contributed by atoms with van der Waals surface area (Å²) in [7, 11) is 1.25. The number of carbonyl (C=O) groups excluding carboxylic acids is 3. The zero-order valence-electron chi connectivity index (χ0n) is 17.2. The van der Waals surface area contributed by atoms with Crippen molar-refractivity contribution >= 4 is 58.2 Å². The molecule has 0 N–H and O–H groups in total. The van der Waals surface area contributed by atoms with Gasteiger partial charge in [0, 0.05) is 5.02 Å². The van der Waals surface area contributed by atoms with Gasteiger partial charge in [0.15, 0.2) is 18.1 Å². The average Bonchev–Trinajstić information content (AvgIpc) is 3.00. The Morgan fingerprint density at radius 2 is 1.94 bits per heavy atom.